The van der Waals surface area contributed by atoms with E-state index in [4.69, 9.17) is 15.3 Å². The third kappa shape index (κ3) is 3.34. The van der Waals surface area contributed by atoms with Crippen molar-refractivity contribution < 1.29 is 9.47 Å². The lowest BCUT2D eigenvalue weighted by molar-refractivity contribution is 0.366. The van der Waals surface area contributed by atoms with Gasteiger partial charge in [-0.25, -0.2) is 4.98 Å². The van der Waals surface area contributed by atoms with E-state index in [1.807, 2.05) is 36.0 Å². The fraction of sp³-hybridized carbons (Fsp3) is 0.400. The number of ether oxygens (including phenoxy) is 2. The number of nitrogens with two attached hydrogens (primary N) is 1. The lowest BCUT2D eigenvalue weighted by atomic mass is 10.00. The predicted octanol–water partition coefficient (Wildman–Crippen LogP) is 1.57. The Morgan fingerprint density at radius 3 is 2.43 bits per heavy atom. The molecular formula is C15H22N4O2. The third-order valence-electron chi connectivity index (χ3n) is 3.59. The number of hydrogen-bond donors (Lipinski definition) is 2. The molecule has 1 unspecified atom stereocenters. The summed E-state index contributed by atoms with van der Waals surface area (Å²) in [6, 6.07) is 5.63. The van der Waals surface area contributed by atoms with Gasteiger partial charge in [0.1, 0.15) is 17.3 Å². The summed E-state index contributed by atoms with van der Waals surface area (Å²) in [5, 5.41) is 0. The molecule has 1 aromatic heterocycles. The zero-order valence-corrected chi connectivity index (χ0v) is 12.7. The van der Waals surface area contributed by atoms with Gasteiger partial charge < -0.3 is 14.0 Å². The Kier molecular flexibility index (Phi) is 5.19. The lowest BCUT2D eigenvalue weighted by Crippen LogP contribution is -2.29. The summed E-state index contributed by atoms with van der Waals surface area (Å²) in [7, 11) is 5.27. The van der Waals surface area contributed by atoms with Crippen LogP contribution in [0.1, 0.15) is 23.9 Å². The summed E-state index contributed by atoms with van der Waals surface area (Å²) in [6.07, 6.45) is 5.32. The molecule has 0 fully saturated rings. The van der Waals surface area contributed by atoms with Crippen LogP contribution in [0.4, 0.5) is 0 Å². The SMILES string of the molecule is COc1cccc(OC)c1C(CCc1nccn1C)NN. The third-order valence-corrected chi connectivity index (χ3v) is 3.59. The maximum Gasteiger partial charge on any atom is 0.127 e. The number of hydrogen-bond acceptors (Lipinski definition) is 5. The fourth-order valence-electron chi connectivity index (χ4n) is 2.45. The first-order valence-electron chi connectivity index (χ1n) is 6.84. The van der Waals surface area contributed by atoms with E-state index in [1.54, 1.807) is 20.4 Å². The average Bonchev–Trinajstić information content (AvgIpc) is 2.93. The van der Waals surface area contributed by atoms with E-state index in [2.05, 4.69) is 10.4 Å². The van der Waals surface area contributed by atoms with Crippen molar-refractivity contribution in [2.75, 3.05) is 14.2 Å². The van der Waals surface area contributed by atoms with E-state index < -0.39 is 0 Å². The van der Waals surface area contributed by atoms with E-state index in [1.165, 1.54) is 0 Å². The molecule has 1 heterocycles. The molecule has 0 aliphatic carbocycles. The summed E-state index contributed by atoms with van der Waals surface area (Å²) >= 11 is 0. The van der Waals surface area contributed by atoms with Crippen molar-refractivity contribution in [1.29, 1.82) is 0 Å². The summed E-state index contributed by atoms with van der Waals surface area (Å²) in [5.41, 5.74) is 3.78. The van der Waals surface area contributed by atoms with Crippen LogP contribution in [0.2, 0.25) is 0 Å². The normalized spacial score (nSPS) is 12.2. The van der Waals surface area contributed by atoms with Gasteiger partial charge in [0.15, 0.2) is 0 Å². The van der Waals surface area contributed by atoms with Crippen molar-refractivity contribution in [3.63, 3.8) is 0 Å². The Morgan fingerprint density at radius 2 is 1.95 bits per heavy atom. The first-order chi connectivity index (χ1) is 10.2. The van der Waals surface area contributed by atoms with E-state index >= 15 is 0 Å². The largest absolute Gasteiger partial charge is 0.496 e. The number of hydrazine groups is 1. The minimum Gasteiger partial charge on any atom is -0.496 e. The first-order valence-corrected chi connectivity index (χ1v) is 6.84. The molecule has 6 heteroatoms. The van der Waals surface area contributed by atoms with Crippen LogP contribution in [-0.2, 0) is 13.5 Å². The maximum atomic E-state index is 5.74. The van der Waals surface area contributed by atoms with Crippen molar-refractivity contribution in [3.8, 4) is 11.5 Å². The Balaban J connectivity index is 2.22. The second kappa shape index (κ2) is 7.10. The van der Waals surface area contributed by atoms with Crippen molar-refractivity contribution in [3.05, 3.63) is 42.0 Å². The number of rotatable bonds is 7. The zero-order chi connectivity index (χ0) is 15.2. The number of aromatic nitrogens is 2. The van der Waals surface area contributed by atoms with Gasteiger partial charge in [-0.05, 0) is 18.6 Å². The highest BCUT2D eigenvalue weighted by Crippen LogP contribution is 2.35. The number of methoxy groups -OCH3 is 2. The van der Waals surface area contributed by atoms with Crippen molar-refractivity contribution in [1.82, 2.24) is 15.0 Å². The molecule has 21 heavy (non-hydrogen) atoms. The standard InChI is InChI=1S/C15H22N4O2/c1-19-10-9-17-14(19)8-7-11(18-16)15-12(20-2)5-4-6-13(15)21-3/h4-6,9-11,18H,7-8,16H2,1-3H3. The fourth-order valence-corrected chi connectivity index (χ4v) is 2.45. The molecule has 0 aliphatic rings. The van der Waals surface area contributed by atoms with Crippen LogP contribution in [-0.4, -0.2) is 23.8 Å². The van der Waals surface area contributed by atoms with Gasteiger partial charge in [-0.2, -0.15) is 0 Å². The number of nitrogens with one attached hydrogen (secondary N) is 1. The number of aryl methyl sites for hydroxylation is 2. The van der Waals surface area contributed by atoms with E-state index in [-0.39, 0.29) is 6.04 Å². The molecular weight excluding hydrogens is 268 g/mol. The summed E-state index contributed by atoms with van der Waals surface area (Å²) in [6.45, 7) is 0. The van der Waals surface area contributed by atoms with E-state index in [0.717, 1.165) is 35.7 Å². The maximum absolute atomic E-state index is 5.74. The predicted molar refractivity (Wildman–Crippen MR) is 81.1 cm³/mol. The smallest absolute Gasteiger partial charge is 0.127 e. The molecule has 1 aromatic carbocycles. The quantitative estimate of drug-likeness (QED) is 0.598. The molecule has 3 N–H and O–H groups in total. The summed E-state index contributed by atoms with van der Waals surface area (Å²) in [4.78, 5) is 4.33. The molecule has 114 valence electrons. The zero-order valence-electron chi connectivity index (χ0n) is 12.7. The molecule has 0 aliphatic heterocycles. The van der Waals surface area contributed by atoms with Crippen molar-refractivity contribution >= 4 is 0 Å². The molecule has 0 amide bonds. The van der Waals surface area contributed by atoms with Crippen LogP contribution in [0.15, 0.2) is 30.6 Å². The molecule has 0 spiro atoms. The monoisotopic (exact) mass is 290 g/mol. The summed E-state index contributed by atoms with van der Waals surface area (Å²) < 4.78 is 12.9. The van der Waals surface area contributed by atoms with E-state index in [0.29, 0.717) is 0 Å². The van der Waals surface area contributed by atoms with Crippen LogP contribution >= 0.6 is 0 Å². The van der Waals surface area contributed by atoms with Gasteiger partial charge >= 0.3 is 0 Å². The number of benzene rings is 1. The highest BCUT2D eigenvalue weighted by Gasteiger charge is 2.20. The average molecular weight is 290 g/mol. The highest BCUT2D eigenvalue weighted by molar-refractivity contribution is 5.47. The van der Waals surface area contributed by atoms with Gasteiger partial charge in [-0.1, -0.05) is 6.07 Å². The summed E-state index contributed by atoms with van der Waals surface area (Å²) in [5.74, 6) is 8.28. The van der Waals surface area contributed by atoms with Gasteiger partial charge in [0.05, 0.1) is 25.8 Å². The molecule has 0 saturated carbocycles. The van der Waals surface area contributed by atoms with Crippen LogP contribution in [0.25, 0.3) is 0 Å². The number of imidazole rings is 1. The second-order valence-corrected chi connectivity index (χ2v) is 4.79. The van der Waals surface area contributed by atoms with Gasteiger partial charge in [0.25, 0.3) is 0 Å². The van der Waals surface area contributed by atoms with Crippen LogP contribution in [0.5, 0.6) is 11.5 Å². The Hall–Kier alpha value is -2.05. The topological polar surface area (TPSA) is 74.3 Å². The highest BCUT2D eigenvalue weighted by atomic mass is 16.5. The van der Waals surface area contributed by atoms with E-state index in [9.17, 15) is 0 Å². The molecule has 0 radical (unpaired) electrons. The Bertz CT molecular complexity index is 561. The molecule has 2 aromatic rings. The molecule has 0 saturated heterocycles. The van der Waals surface area contributed by atoms with Crippen LogP contribution in [0, 0.1) is 0 Å². The van der Waals surface area contributed by atoms with Gasteiger partial charge in [0, 0.05) is 25.9 Å². The Labute approximate surface area is 124 Å². The van der Waals surface area contributed by atoms with Gasteiger partial charge in [-0.15, -0.1) is 0 Å². The van der Waals surface area contributed by atoms with Gasteiger partial charge in [0.2, 0.25) is 0 Å². The Morgan fingerprint density at radius 1 is 1.29 bits per heavy atom. The second-order valence-electron chi connectivity index (χ2n) is 4.79. The molecule has 6 nitrogen and oxygen atoms in total. The van der Waals surface area contributed by atoms with Crippen LogP contribution in [0.3, 0.4) is 0 Å². The number of nitrogens with zero attached hydrogens (tertiary/aromatic N) is 2. The lowest BCUT2D eigenvalue weighted by Gasteiger charge is -2.21. The molecule has 0 bridgehead atoms. The minimum atomic E-state index is -0.0761. The first kappa shape index (κ1) is 15.3. The van der Waals surface area contributed by atoms with Gasteiger partial charge in [-0.3, -0.25) is 11.3 Å². The molecule has 1 atom stereocenters. The minimum absolute atomic E-state index is 0.0761. The van der Waals surface area contributed by atoms with Crippen LogP contribution < -0.4 is 20.7 Å². The van der Waals surface area contributed by atoms with Crippen molar-refractivity contribution in [2.45, 2.75) is 18.9 Å². The van der Waals surface area contributed by atoms with Crippen molar-refractivity contribution in [2.24, 2.45) is 12.9 Å². The molecule has 2 rings (SSSR count).